The molecule has 0 saturated carbocycles. The summed E-state index contributed by atoms with van der Waals surface area (Å²) >= 11 is 0. The maximum atomic E-state index is 12.2. The van der Waals surface area contributed by atoms with Gasteiger partial charge in [0.2, 0.25) is 0 Å². The molecule has 6 nitrogen and oxygen atoms in total. The van der Waals surface area contributed by atoms with Crippen molar-refractivity contribution in [3.63, 3.8) is 0 Å². The van der Waals surface area contributed by atoms with Crippen LogP contribution >= 0.6 is 0 Å². The molecule has 1 aromatic carbocycles. The number of benzene rings is 1. The van der Waals surface area contributed by atoms with Crippen molar-refractivity contribution in [2.75, 3.05) is 13.1 Å². The van der Waals surface area contributed by atoms with E-state index in [2.05, 4.69) is 0 Å². The first-order valence-corrected chi connectivity index (χ1v) is 7.99. The number of ether oxygens (including phenoxy) is 1. The molecular weight excluding hydrogens is 280 g/mol. The first-order valence-electron chi connectivity index (χ1n) is 6.49. The zero-order valence-corrected chi connectivity index (χ0v) is 11.7. The number of fused-ring (bicyclic) bond motifs is 1. The van der Waals surface area contributed by atoms with Crippen LogP contribution in [0, 0.1) is 0 Å². The molecule has 0 radical (unpaired) electrons. The predicted octanol–water partition coefficient (Wildman–Crippen LogP) is 0.690. The minimum atomic E-state index is -3.66. The smallest absolute Gasteiger partial charge is 0.276 e. The average Bonchev–Trinajstić information content (AvgIpc) is 2.38. The van der Waals surface area contributed by atoms with E-state index in [1.165, 1.54) is 4.31 Å². The van der Waals surface area contributed by atoms with Gasteiger partial charge in [-0.15, -0.1) is 0 Å². The summed E-state index contributed by atoms with van der Waals surface area (Å²) in [4.78, 5) is 12.2. The number of ketones is 1. The highest BCUT2D eigenvalue weighted by Crippen LogP contribution is 2.39. The number of para-hydroxylation sites is 1. The third-order valence-corrected chi connectivity index (χ3v) is 5.08. The van der Waals surface area contributed by atoms with Crippen LogP contribution in [-0.2, 0) is 10.2 Å². The number of rotatable bonds is 1. The standard InChI is InChI=1S/C13H16N2O4S/c14-20(17,18)15-7-5-13(6-8-15)9-11(16)10-3-1-2-4-12(10)19-13/h1-4H,5-9H2,(H2,14,17,18). The van der Waals surface area contributed by atoms with Gasteiger partial charge < -0.3 is 4.74 Å². The van der Waals surface area contributed by atoms with Crippen molar-refractivity contribution in [1.29, 1.82) is 0 Å². The van der Waals surface area contributed by atoms with Gasteiger partial charge in [0, 0.05) is 25.9 Å². The molecule has 0 atom stereocenters. The first kappa shape index (κ1) is 13.5. The Morgan fingerprint density at radius 2 is 1.85 bits per heavy atom. The van der Waals surface area contributed by atoms with E-state index in [9.17, 15) is 13.2 Å². The highest BCUT2D eigenvalue weighted by molar-refractivity contribution is 7.86. The van der Waals surface area contributed by atoms with E-state index in [4.69, 9.17) is 9.88 Å². The van der Waals surface area contributed by atoms with Crippen LogP contribution in [0.15, 0.2) is 24.3 Å². The summed E-state index contributed by atoms with van der Waals surface area (Å²) in [6.45, 7) is 0.572. The van der Waals surface area contributed by atoms with Crippen LogP contribution in [0.1, 0.15) is 29.6 Å². The van der Waals surface area contributed by atoms with Gasteiger partial charge >= 0.3 is 0 Å². The monoisotopic (exact) mass is 296 g/mol. The van der Waals surface area contributed by atoms with Crippen molar-refractivity contribution in [3.8, 4) is 5.75 Å². The average molecular weight is 296 g/mol. The fraction of sp³-hybridized carbons (Fsp3) is 0.462. The number of Topliss-reactive ketones (excluding diaryl/α,β-unsaturated/α-hetero) is 1. The SMILES string of the molecule is NS(=O)(=O)N1CCC2(CC1)CC(=O)c1ccccc1O2. The minimum absolute atomic E-state index is 0.0518. The molecule has 0 bridgehead atoms. The largest absolute Gasteiger partial charge is 0.486 e. The summed E-state index contributed by atoms with van der Waals surface area (Å²) in [7, 11) is -3.66. The molecule has 20 heavy (non-hydrogen) atoms. The lowest BCUT2D eigenvalue weighted by atomic mass is 9.83. The number of hydrogen-bond acceptors (Lipinski definition) is 4. The van der Waals surface area contributed by atoms with Gasteiger partial charge in [-0.2, -0.15) is 12.7 Å². The Morgan fingerprint density at radius 3 is 2.50 bits per heavy atom. The Bertz CT molecular complexity index is 648. The lowest BCUT2D eigenvalue weighted by Crippen LogP contribution is -2.53. The van der Waals surface area contributed by atoms with Crippen LogP contribution in [0.5, 0.6) is 5.75 Å². The molecule has 0 unspecified atom stereocenters. The third-order valence-electron chi connectivity index (χ3n) is 3.99. The number of nitrogens with two attached hydrogens (primary N) is 1. The van der Waals surface area contributed by atoms with E-state index in [-0.39, 0.29) is 18.9 Å². The van der Waals surface area contributed by atoms with Crippen molar-refractivity contribution in [1.82, 2.24) is 4.31 Å². The minimum Gasteiger partial charge on any atom is -0.486 e. The van der Waals surface area contributed by atoms with Crippen molar-refractivity contribution in [2.24, 2.45) is 5.14 Å². The fourth-order valence-corrected chi connectivity index (χ4v) is 3.56. The molecule has 108 valence electrons. The van der Waals surface area contributed by atoms with Gasteiger partial charge in [0.25, 0.3) is 10.2 Å². The molecular formula is C13H16N2O4S. The van der Waals surface area contributed by atoms with Gasteiger partial charge in [-0.05, 0) is 12.1 Å². The van der Waals surface area contributed by atoms with Gasteiger partial charge in [0.05, 0.1) is 12.0 Å². The molecule has 2 N–H and O–H groups in total. The van der Waals surface area contributed by atoms with Gasteiger partial charge in [-0.25, -0.2) is 5.14 Å². The second-order valence-electron chi connectivity index (χ2n) is 5.33. The molecule has 1 spiro atoms. The van der Waals surface area contributed by atoms with Crippen molar-refractivity contribution < 1.29 is 17.9 Å². The van der Waals surface area contributed by atoms with E-state index in [1.807, 2.05) is 12.1 Å². The molecule has 7 heteroatoms. The summed E-state index contributed by atoms with van der Waals surface area (Å²) in [6, 6.07) is 7.16. The van der Waals surface area contributed by atoms with Gasteiger partial charge in [-0.3, -0.25) is 4.79 Å². The van der Waals surface area contributed by atoms with Gasteiger partial charge in [0.15, 0.2) is 5.78 Å². The second-order valence-corrected chi connectivity index (χ2v) is 6.87. The van der Waals surface area contributed by atoms with Crippen LogP contribution in [-0.4, -0.2) is 37.2 Å². The van der Waals surface area contributed by atoms with Gasteiger partial charge in [0.1, 0.15) is 11.4 Å². The molecule has 0 aliphatic carbocycles. The number of carbonyl (C=O) groups excluding carboxylic acids is 1. The van der Waals surface area contributed by atoms with Crippen molar-refractivity contribution >= 4 is 16.0 Å². The van der Waals surface area contributed by atoms with Crippen molar-refractivity contribution in [3.05, 3.63) is 29.8 Å². The number of hydrogen-bond donors (Lipinski definition) is 1. The molecule has 0 aromatic heterocycles. The predicted molar refractivity (Wildman–Crippen MR) is 72.7 cm³/mol. The second kappa shape index (κ2) is 4.54. The molecule has 1 saturated heterocycles. The molecule has 1 aromatic rings. The zero-order valence-electron chi connectivity index (χ0n) is 10.9. The maximum absolute atomic E-state index is 12.2. The molecule has 2 heterocycles. The third kappa shape index (κ3) is 2.32. The Balaban J connectivity index is 1.82. The molecule has 2 aliphatic heterocycles. The number of nitrogens with zero attached hydrogens (tertiary/aromatic N) is 1. The topological polar surface area (TPSA) is 89.7 Å². The molecule has 0 amide bonds. The van der Waals surface area contributed by atoms with E-state index in [0.717, 1.165) is 0 Å². The normalized spacial score (nSPS) is 22.4. The van der Waals surface area contributed by atoms with Gasteiger partial charge in [-0.1, -0.05) is 12.1 Å². The number of piperidine rings is 1. The van der Waals surface area contributed by atoms with E-state index >= 15 is 0 Å². The first-order chi connectivity index (χ1) is 9.40. The van der Waals surface area contributed by atoms with Crippen LogP contribution in [0.25, 0.3) is 0 Å². The molecule has 2 aliphatic rings. The highest BCUT2D eigenvalue weighted by atomic mass is 32.2. The van der Waals surface area contributed by atoms with E-state index < -0.39 is 15.8 Å². The maximum Gasteiger partial charge on any atom is 0.276 e. The zero-order chi connectivity index (χ0) is 14.4. The Morgan fingerprint density at radius 1 is 1.20 bits per heavy atom. The molecule has 3 rings (SSSR count). The summed E-state index contributed by atoms with van der Waals surface area (Å²) in [5.41, 5.74) is 0.0131. The summed E-state index contributed by atoms with van der Waals surface area (Å²) in [5, 5.41) is 5.12. The summed E-state index contributed by atoms with van der Waals surface area (Å²) < 4.78 is 29.9. The van der Waals surface area contributed by atoms with Crippen LogP contribution in [0.4, 0.5) is 0 Å². The lowest BCUT2D eigenvalue weighted by Gasteiger charge is -2.43. The Kier molecular flexibility index (Phi) is 3.07. The highest BCUT2D eigenvalue weighted by Gasteiger charge is 2.44. The van der Waals surface area contributed by atoms with E-state index in [1.54, 1.807) is 12.1 Å². The van der Waals surface area contributed by atoms with Crippen LogP contribution < -0.4 is 9.88 Å². The van der Waals surface area contributed by atoms with Crippen LogP contribution in [0.3, 0.4) is 0 Å². The summed E-state index contributed by atoms with van der Waals surface area (Å²) in [5.74, 6) is 0.642. The van der Waals surface area contributed by atoms with Crippen LogP contribution in [0.2, 0.25) is 0 Å². The Labute approximate surface area is 117 Å². The quantitative estimate of drug-likeness (QED) is 0.825. The number of carbonyl (C=O) groups is 1. The Hall–Kier alpha value is -1.44. The fourth-order valence-electron chi connectivity index (χ4n) is 2.87. The van der Waals surface area contributed by atoms with Crippen molar-refractivity contribution in [2.45, 2.75) is 24.9 Å². The summed E-state index contributed by atoms with van der Waals surface area (Å²) in [6.07, 6.45) is 1.25. The lowest BCUT2D eigenvalue weighted by molar-refractivity contribution is 0.00593. The molecule has 1 fully saturated rings. The van der Waals surface area contributed by atoms with E-state index in [0.29, 0.717) is 30.6 Å².